The molecule has 0 aromatic heterocycles. The zero-order chi connectivity index (χ0) is 22.1. The van der Waals surface area contributed by atoms with Gasteiger partial charge in [-0.15, -0.1) is 0 Å². The second-order valence-corrected chi connectivity index (χ2v) is 8.86. The van der Waals surface area contributed by atoms with E-state index < -0.39 is 0 Å². The summed E-state index contributed by atoms with van der Waals surface area (Å²) in [5.74, 6) is 1.46. The number of nitrogens with zero attached hydrogens (tertiary/aromatic N) is 3. The van der Waals surface area contributed by atoms with Crippen LogP contribution in [0.15, 0.2) is 42.5 Å². The molecule has 0 amide bonds. The largest absolute Gasteiger partial charge is 0.492 e. The topological polar surface area (TPSA) is 39.5 Å². The molecular weight excluding hydrogens is 406 g/mol. The normalized spacial score (nSPS) is 16.1. The van der Waals surface area contributed by atoms with Crippen LogP contribution in [0.5, 0.6) is 5.75 Å². The summed E-state index contributed by atoms with van der Waals surface area (Å²) in [4.78, 5) is 5.08. The molecule has 2 aromatic rings. The predicted molar refractivity (Wildman–Crippen MR) is 128 cm³/mol. The van der Waals surface area contributed by atoms with Crippen molar-refractivity contribution in [3.63, 3.8) is 0 Å². The fraction of sp³-hybridized carbons (Fsp3) is 0.500. The van der Waals surface area contributed by atoms with Gasteiger partial charge >= 0.3 is 0 Å². The van der Waals surface area contributed by atoms with Crippen molar-refractivity contribution in [1.29, 1.82) is 5.26 Å². The van der Waals surface area contributed by atoms with E-state index in [1.165, 1.54) is 24.9 Å². The van der Waals surface area contributed by atoms with E-state index in [1.54, 1.807) is 0 Å². The maximum Gasteiger partial charge on any atom is 0.119 e. The fourth-order valence-electron chi connectivity index (χ4n) is 4.29. The maximum absolute atomic E-state index is 9.15. The number of hydrogen-bond donors (Lipinski definition) is 0. The Bertz CT molecular complexity index is 854. The number of halogens is 1. The number of rotatable bonds is 10. The Morgan fingerprint density at radius 3 is 2.32 bits per heavy atom. The molecule has 0 saturated carbocycles. The number of nitriles is 1. The summed E-state index contributed by atoms with van der Waals surface area (Å²) in [5, 5.41) is 9.89. The van der Waals surface area contributed by atoms with Gasteiger partial charge in [0.15, 0.2) is 0 Å². The smallest absolute Gasteiger partial charge is 0.119 e. The highest BCUT2D eigenvalue weighted by Gasteiger charge is 2.17. The minimum Gasteiger partial charge on any atom is -0.492 e. The molecule has 1 aliphatic heterocycles. The van der Waals surface area contributed by atoms with Gasteiger partial charge in [0, 0.05) is 37.7 Å². The molecule has 31 heavy (non-hydrogen) atoms. The van der Waals surface area contributed by atoms with Gasteiger partial charge in [0.2, 0.25) is 0 Å². The summed E-state index contributed by atoms with van der Waals surface area (Å²) in [6.45, 7) is 11.6. The molecule has 1 unspecified atom stereocenters. The Labute approximate surface area is 192 Å². The average Bonchev–Trinajstić information content (AvgIpc) is 2.79. The Morgan fingerprint density at radius 1 is 1.03 bits per heavy atom. The first-order valence-corrected chi connectivity index (χ1v) is 11.8. The second-order valence-electron chi connectivity index (χ2n) is 8.42. The molecule has 1 saturated heterocycles. The van der Waals surface area contributed by atoms with Gasteiger partial charge in [-0.2, -0.15) is 5.26 Å². The summed E-state index contributed by atoms with van der Waals surface area (Å²) in [6, 6.07) is 16.2. The van der Waals surface area contributed by atoms with Gasteiger partial charge in [-0.05, 0) is 80.1 Å². The van der Waals surface area contributed by atoms with Gasteiger partial charge in [0.1, 0.15) is 12.4 Å². The first-order chi connectivity index (χ1) is 15.1. The first-order valence-electron chi connectivity index (χ1n) is 11.4. The highest BCUT2D eigenvalue weighted by atomic mass is 35.5. The van der Waals surface area contributed by atoms with Crippen LogP contribution in [0.1, 0.15) is 48.8 Å². The van der Waals surface area contributed by atoms with Crippen molar-refractivity contribution < 1.29 is 4.74 Å². The van der Waals surface area contributed by atoms with E-state index in [2.05, 4.69) is 34.9 Å². The minimum absolute atomic E-state index is 0.581. The summed E-state index contributed by atoms with van der Waals surface area (Å²) >= 11 is 5.91. The molecule has 3 rings (SSSR count). The number of aryl methyl sites for hydroxylation is 1. The lowest BCUT2D eigenvalue weighted by atomic mass is 9.90. The highest BCUT2D eigenvalue weighted by Crippen LogP contribution is 2.26. The summed E-state index contributed by atoms with van der Waals surface area (Å²) in [5.41, 5.74) is 3.26. The van der Waals surface area contributed by atoms with E-state index >= 15 is 0 Å². The first kappa shape index (κ1) is 23.6. The van der Waals surface area contributed by atoms with Gasteiger partial charge in [-0.3, -0.25) is 4.90 Å². The molecule has 166 valence electrons. The highest BCUT2D eigenvalue weighted by molar-refractivity contribution is 6.30. The van der Waals surface area contributed by atoms with Crippen LogP contribution in [0.3, 0.4) is 0 Å². The van der Waals surface area contributed by atoms with Gasteiger partial charge in [-0.25, -0.2) is 0 Å². The average molecular weight is 440 g/mol. The van der Waals surface area contributed by atoms with Gasteiger partial charge < -0.3 is 9.64 Å². The van der Waals surface area contributed by atoms with Crippen LogP contribution >= 0.6 is 11.6 Å². The van der Waals surface area contributed by atoms with Crippen LogP contribution in [0.25, 0.3) is 0 Å². The van der Waals surface area contributed by atoms with Gasteiger partial charge in [0.25, 0.3) is 0 Å². The monoisotopic (exact) mass is 439 g/mol. The summed E-state index contributed by atoms with van der Waals surface area (Å²) in [6.07, 6.45) is 3.57. The van der Waals surface area contributed by atoms with E-state index in [1.807, 2.05) is 37.3 Å². The van der Waals surface area contributed by atoms with Gasteiger partial charge in [-0.1, -0.05) is 30.7 Å². The third-order valence-corrected chi connectivity index (χ3v) is 6.57. The molecule has 1 fully saturated rings. The van der Waals surface area contributed by atoms with E-state index in [9.17, 15) is 0 Å². The summed E-state index contributed by atoms with van der Waals surface area (Å²) < 4.78 is 5.83. The zero-order valence-corrected chi connectivity index (χ0v) is 19.6. The minimum atomic E-state index is 0.581. The van der Waals surface area contributed by atoms with Crippen molar-refractivity contribution >= 4 is 11.6 Å². The lowest BCUT2D eigenvalue weighted by Gasteiger charge is -2.34. The van der Waals surface area contributed by atoms with Crippen LogP contribution in [0, 0.1) is 18.3 Å². The number of piperazine rings is 1. The van der Waals surface area contributed by atoms with Crippen LogP contribution < -0.4 is 4.74 Å². The number of hydrogen-bond acceptors (Lipinski definition) is 4. The SMILES string of the molecule is CCC(CCCN1CCN(CCOc2ccc(Cl)cc2)CC1)c1ccc(C#N)c(C)c1. The van der Waals surface area contributed by atoms with E-state index in [4.69, 9.17) is 21.6 Å². The molecule has 0 bridgehead atoms. The molecule has 0 radical (unpaired) electrons. The summed E-state index contributed by atoms with van der Waals surface area (Å²) in [7, 11) is 0. The fourth-order valence-corrected chi connectivity index (χ4v) is 4.42. The van der Waals surface area contributed by atoms with Crippen molar-refractivity contribution in [3.8, 4) is 11.8 Å². The molecule has 1 heterocycles. The molecule has 4 nitrogen and oxygen atoms in total. The van der Waals surface area contributed by atoms with Crippen molar-refractivity contribution in [2.75, 3.05) is 45.9 Å². The molecule has 0 aliphatic carbocycles. The lowest BCUT2D eigenvalue weighted by Crippen LogP contribution is -2.47. The Balaban J connectivity index is 1.33. The Hall–Kier alpha value is -2.06. The third-order valence-electron chi connectivity index (χ3n) is 6.32. The Kier molecular flexibility index (Phi) is 9.21. The van der Waals surface area contributed by atoms with Crippen molar-refractivity contribution in [3.05, 3.63) is 64.2 Å². The molecule has 1 atom stereocenters. The molecule has 1 aliphatic rings. The number of benzene rings is 2. The standard InChI is InChI=1S/C26H34ClN3O/c1-3-22(23-6-7-24(20-28)21(2)19-23)5-4-12-29-13-15-30(16-14-29)17-18-31-26-10-8-25(27)9-11-26/h6-11,19,22H,3-5,12-18H2,1-2H3. The van der Waals surface area contributed by atoms with Crippen LogP contribution in [0.4, 0.5) is 0 Å². The Morgan fingerprint density at radius 2 is 1.71 bits per heavy atom. The lowest BCUT2D eigenvalue weighted by molar-refractivity contribution is 0.115. The molecular formula is C26H34ClN3O. The van der Waals surface area contributed by atoms with Gasteiger partial charge in [0.05, 0.1) is 11.6 Å². The van der Waals surface area contributed by atoms with Crippen molar-refractivity contribution in [1.82, 2.24) is 9.80 Å². The van der Waals surface area contributed by atoms with E-state index in [0.717, 1.165) is 61.0 Å². The number of ether oxygens (including phenoxy) is 1. The van der Waals surface area contributed by atoms with Crippen LogP contribution in [0.2, 0.25) is 5.02 Å². The zero-order valence-electron chi connectivity index (χ0n) is 18.8. The van der Waals surface area contributed by atoms with Crippen molar-refractivity contribution in [2.45, 2.75) is 39.0 Å². The molecule has 2 aromatic carbocycles. The quantitative estimate of drug-likeness (QED) is 0.490. The maximum atomic E-state index is 9.15. The second kappa shape index (κ2) is 12.1. The molecule has 0 N–H and O–H groups in total. The van der Waals surface area contributed by atoms with Crippen LogP contribution in [-0.4, -0.2) is 55.7 Å². The van der Waals surface area contributed by atoms with Crippen molar-refractivity contribution in [2.24, 2.45) is 0 Å². The third kappa shape index (κ3) is 7.25. The van der Waals surface area contributed by atoms with E-state index in [0.29, 0.717) is 12.5 Å². The molecule has 0 spiro atoms. The predicted octanol–water partition coefficient (Wildman–Crippen LogP) is 5.49. The van der Waals surface area contributed by atoms with Crippen LogP contribution in [-0.2, 0) is 0 Å². The van der Waals surface area contributed by atoms with E-state index in [-0.39, 0.29) is 0 Å². The molecule has 5 heteroatoms.